The molecule has 0 aliphatic heterocycles. The fraction of sp³-hybridized carbons (Fsp3) is 0.357. The third-order valence-electron chi connectivity index (χ3n) is 2.76. The summed E-state index contributed by atoms with van der Waals surface area (Å²) in [5.41, 5.74) is 6.64. The summed E-state index contributed by atoms with van der Waals surface area (Å²) in [4.78, 5) is 4.19. The van der Waals surface area contributed by atoms with Gasteiger partial charge in [0.05, 0.1) is 6.61 Å². The monoisotopic (exact) mass is 261 g/mol. The summed E-state index contributed by atoms with van der Waals surface area (Å²) < 4.78 is 13.3. The van der Waals surface area contributed by atoms with Crippen LogP contribution in [0.25, 0.3) is 0 Å². The van der Waals surface area contributed by atoms with Crippen molar-refractivity contribution in [2.45, 2.75) is 26.9 Å². The van der Waals surface area contributed by atoms with Crippen LogP contribution in [0.1, 0.15) is 19.4 Å². The van der Waals surface area contributed by atoms with Gasteiger partial charge in [0.2, 0.25) is 0 Å². The van der Waals surface area contributed by atoms with Crippen LogP contribution in [-0.4, -0.2) is 16.2 Å². The number of imidazole rings is 1. The van der Waals surface area contributed by atoms with E-state index in [9.17, 15) is 0 Å². The largest absolute Gasteiger partial charge is 0.490 e. The number of aromatic nitrogens is 2. The van der Waals surface area contributed by atoms with Crippen molar-refractivity contribution in [2.24, 2.45) is 5.73 Å². The van der Waals surface area contributed by atoms with E-state index in [-0.39, 0.29) is 0 Å². The van der Waals surface area contributed by atoms with Gasteiger partial charge >= 0.3 is 6.01 Å². The molecule has 0 saturated heterocycles. The molecule has 5 nitrogen and oxygen atoms in total. The van der Waals surface area contributed by atoms with E-state index < -0.39 is 0 Å². The van der Waals surface area contributed by atoms with E-state index in [4.69, 9.17) is 15.2 Å². The zero-order chi connectivity index (χ0) is 13.7. The second kappa shape index (κ2) is 6.24. The molecule has 102 valence electrons. The molecule has 0 fully saturated rings. The smallest absolute Gasteiger partial charge is 0.301 e. The van der Waals surface area contributed by atoms with Crippen molar-refractivity contribution in [1.29, 1.82) is 0 Å². The van der Waals surface area contributed by atoms with Crippen LogP contribution < -0.4 is 15.2 Å². The topological polar surface area (TPSA) is 62.3 Å². The number of aryl methyl sites for hydroxylation is 1. The highest BCUT2D eigenvalue weighted by molar-refractivity contribution is 5.44. The van der Waals surface area contributed by atoms with E-state index in [0.29, 0.717) is 30.7 Å². The molecule has 0 aliphatic rings. The average Bonchev–Trinajstić information content (AvgIpc) is 2.88. The normalized spacial score (nSPS) is 10.5. The molecule has 0 radical (unpaired) electrons. The van der Waals surface area contributed by atoms with Gasteiger partial charge < -0.3 is 19.8 Å². The van der Waals surface area contributed by atoms with Crippen LogP contribution >= 0.6 is 0 Å². The van der Waals surface area contributed by atoms with Gasteiger partial charge in [-0.3, -0.25) is 0 Å². The molecule has 2 rings (SSSR count). The van der Waals surface area contributed by atoms with Crippen LogP contribution in [0.15, 0.2) is 30.6 Å². The third kappa shape index (κ3) is 3.06. The average molecular weight is 261 g/mol. The van der Waals surface area contributed by atoms with Crippen LogP contribution in [0.5, 0.6) is 17.5 Å². The van der Waals surface area contributed by atoms with Crippen molar-refractivity contribution >= 4 is 0 Å². The maximum absolute atomic E-state index is 5.81. The first kappa shape index (κ1) is 13.4. The summed E-state index contributed by atoms with van der Waals surface area (Å²) >= 11 is 0. The van der Waals surface area contributed by atoms with E-state index >= 15 is 0 Å². The molecule has 1 aromatic carbocycles. The minimum absolute atomic E-state index is 0.476. The fourth-order valence-corrected chi connectivity index (χ4v) is 1.77. The minimum atomic E-state index is 0.476. The van der Waals surface area contributed by atoms with E-state index in [1.54, 1.807) is 6.20 Å². The third-order valence-corrected chi connectivity index (χ3v) is 2.76. The Hall–Kier alpha value is -2.01. The molecule has 0 bridgehead atoms. The van der Waals surface area contributed by atoms with Crippen molar-refractivity contribution < 1.29 is 9.47 Å². The van der Waals surface area contributed by atoms with Crippen LogP contribution in [0.3, 0.4) is 0 Å². The molecule has 1 aromatic heterocycles. The van der Waals surface area contributed by atoms with Gasteiger partial charge in [-0.05, 0) is 31.5 Å². The predicted octanol–water partition coefficient (Wildman–Crippen LogP) is 2.55. The number of hydrogen-bond donors (Lipinski definition) is 1. The second-order valence-electron chi connectivity index (χ2n) is 4.02. The number of nitrogens with zero attached hydrogens (tertiary/aromatic N) is 2. The summed E-state index contributed by atoms with van der Waals surface area (Å²) in [7, 11) is 0. The molecular formula is C14H19N3O2. The van der Waals surface area contributed by atoms with Gasteiger partial charge in [-0.2, -0.15) is 0 Å². The molecule has 19 heavy (non-hydrogen) atoms. The Labute approximate surface area is 113 Å². The molecular weight excluding hydrogens is 242 g/mol. The van der Waals surface area contributed by atoms with Crippen LogP contribution in [0.4, 0.5) is 0 Å². The summed E-state index contributed by atoms with van der Waals surface area (Å²) in [6, 6.07) is 6.25. The lowest BCUT2D eigenvalue weighted by Gasteiger charge is -2.12. The Balaban J connectivity index is 2.28. The Morgan fingerprint density at radius 2 is 2.11 bits per heavy atom. The Bertz CT molecular complexity index is 537. The van der Waals surface area contributed by atoms with Crippen LogP contribution in [-0.2, 0) is 13.1 Å². The molecule has 0 unspecified atom stereocenters. The molecule has 0 saturated carbocycles. The lowest BCUT2D eigenvalue weighted by molar-refractivity contribution is 0.313. The SMILES string of the molecule is CCOc1cc(CN)ccc1Oc1nccn1CC. The predicted molar refractivity (Wildman–Crippen MR) is 73.5 cm³/mol. The van der Waals surface area contributed by atoms with Gasteiger partial charge in [0.15, 0.2) is 11.5 Å². The number of benzene rings is 1. The first-order chi connectivity index (χ1) is 9.28. The number of hydrogen-bond acceptors (Lipinski definition) is 4. The van der Waals surface area contributed by atoms with Crippen LogP contribution in [0, 0.1) is 0 Å². The molecule has 2 aromatic rings. The number of ether oxygens (including phenoxy) is 2. The van der Waals surface area contributed by atoms with E-state index in [0.717, 1.165) is 12.1 Å². The van der Waals surface area contributed by atoms with Gasteiger partial charge in [-0.15, -0.1) is 0 Å². The van der Waals surface area contributed by atoms with Crippen molar-refractivity contribution in [3.63, 3.8) is 0 Å². The molecule has 0 amide bonds. The summed E-state index contributed by atoms with van der Waals surface area (Å²) in [5, 5.41) is 0. The van der Waals surface area contributed by atoms with E-state index in [2.05, 4.69) is 4.98 Å². The Morgan fingerprint density at radius 3 is 2.79 bits per heavy atom. The Morgan fingerprint density at radius 1 is 1.26 bits per heavy atom. The number of rotatable bonds is 6. The van der Waals surface area contributed by atoms with Crippen molar-refractivity contribution in [3.8, 4) is 17.5 Å². The zero-order valence-electron chi connectivity index (χ0n) is 11.3. The zero-order valence-corrected chi connectivity index (χ0v) is 11.3. The molecule has 2 N–H and O–H groups in total. The fourth-order valence-electron chi connectivity index (χ4n) is 1.77. The maximum atomic E-state index is 5.81. The van der Waals surface area contributed by atoms with Crippen molar-refractivity contribution in [3.05, 3.63) is 36.2 Å². The van der Waals surface area contributed by atoms with Crippen molar-refractivity contribution in [1.82, 2.24) is 9.55 Å². The van der Waals surface area contributed by atoms with Gasteiger partial charge in [0.1, 0.15) is 0 Å². The summed E-state index contributed by atoms with van der Waals surface area (Å²) in [6.45, 7) is 5.83. The maximum Gasteiger partial charge on any atom is 0.301 e. The molecule has 0 aliphatic carbocycles. The van der Waals surface area contributed by atoms with Gasteiger partial charge in [0.25, 0.3) is 0 Å². The van der Waals surface area contributed by atoms with Crippen molar-refractivity contribution in [2.75, 3.05) is 6.61 Å². The molecule has 0 spiro atoms. The summed E-state index contributed by atoms with van der Waals surface area (Å²) in [6.07, 6.45) is 3.59. The lowest BCUT2D eigenvalue weighted by Crippen LogP contribution is -2.02. The first-order valence-corrected chi connectivity index (χ1v) is 6.43. The van der Waals surface area contributed by atoms with E-state index in [1.807, 2.05) is 42.8 Å². The first-order valence-electron chi connectivity index (χ1n) is 6.43. The van der Waals surface area contributed by atoms with E-state index in [1.165, 1.54) is 0 Å². The molecule has 5 heteroatoms. The highest BCUT2D eigenvalue weighted by Crippen LogP contribution is 2.31. The lowest BCUT2D eigenvalue weighted by atomic mass is 10.2. The molecule has 1 heterocycles. The standard InChI is InChI=1S/C14H19N3O2/c1-3-17-8-7-16-14(17)19-12-6-5-11(10-15)9-13(12)18-4-2/h5-9H,3-4,10,15H2,1-2H3. The van der Waals surface area contributed by atoms with Gasteiger partial charge in [-0.1, -0.05) is 6.07 Å². The van der Waals surface area contributed by atoms with Gasteiger partial charge in [-0.25, -0.2) is 4.98 Å². The summed E-state index contributed by atoms with van der Waals surface area (Å²) in [5.74, 6) is 1.34. The Kier molecular flexibility index (Phi) is 4.41. The highest BCUT2D eigenvalue weighted by atomic mass is 16.5. The second-order valence-corrected chi connectivity index (χ2v) is 4.02. The number of nitrogens with two attached hydrogens (primary N) is 1. The van der Waals surface area contributed by atoms with Gasteiger partial charge in [0, 0.05) is 25.5 Å². The quantitative estimate of drug-likeness (QED) is 0.868. The minimum Gasteiger partial charge on any atom is -0.490 e. The highest BCUT2D eigenvalue weighted by Gasteiger charge is 2.10. The molecule has 0 atom stereocenters. The van der Waals surface area contributed by atoms with Crippen LogP contribution in [0.2, 0.25) is 0 Å².